The molecule has 0 aromatic carbocycles. The molecule has 0 amide bonds. The number of rotatable bonds is 5. The molecule has 18 heavy (non-hydrogen) atoms. The average molecular weight is 250 g/mol. The Balaban J connectivity index is 1.83. The third-order valence-corrected chi connectivity index (χ3v) is 3.85. The molecule has 0 radical (unpaired) electrons. The van der Waals surface area contributed by atoms with Crippen LogP contribution in [-0.4, -0.2) is 38.8 Å². The van der Waals surface area contributed by atoms with Crippen molar-refractivity contribution in [1.82, 2.24) is 16.0 Å². The van der Waals surface area contributed by atoms with Gasteiger partial charge in [-0.3, -0.25) is 0 Å². The van der Waals surface area contributed by atoms with Gasteiger partial charge in [-0.2, -0.15) is 0 Å². The van der Waals surface area contributed by atoms with E-state index in [1.165, 1.54) is 24.0 Å². The van der Waals surface area contributed by atoms with Crippen LogP contribution < -0.4 is 21.7 Å². The second kappa shape index (κ2) is 6.92. The number of hydrogen-bond donors (Lipinski definition) is 4. The van der Waals surface area contributed by atoms with Crippen LogP contribution in [0, 0.1) is 5.92 Å². The van der Waals surface area contributed by atoms with Gasteiger partial charge in [0.25, 0.3) is 0 Å². The molecule has 1 fully saturated rings. The van der Waals surface area contributed by atoms with Crippen molar-refractivity contribution >= 4 is 0 Å². The number of hydrogen-bond acceptors (Lipinski definition) is 4. The summed E-state index contributed by atoms with van der Waals surface area (Å²) in [5, 5.41) is 10.4. The maximum absolute atomic E-state index is 5.92. The highest BCUT2D eigenvalue weighted by Crippen LogP contribution is 2.15. The summed E-state index contributed by atoms with van der Waals surface area (Å²) in [5.74, 6) is 0.455. The second-order valence-corrected chi connectivity index (χ2v) is 5.35. The molecule has 2 aliphatic rings. The van der Waals surface area contributed by atoms with Crippen molar-refractivity contribution in [2.75, 3.05) is 32.7 Å². The number of piperidine rings is 1. The van der Waals surface area contributed by atoms with E-state index in [1.54, 1.807) is 0 Å². The molecule has 2 heterocycles. The lowest BCUT2D eigenvalue weighted by Crippen LogP contribution is -2.43. The zero-order chi connectivity index (χ0) is 12.8. The molecule has 0 aromatic rings. The number of allylic oxidation sites excluding steroid dienone is 2. The van der Waals surface area contributed by atoms with Crippen molar-refractivity contribution in [3.8, 4) is 0 Å². The van der Waals surface area contributed by atoms with Crippen LogP contribution >= 0.6 is 0 Å². The maximum atomic E-state index is 5.92. The molecule has 0 spiro atoms. The molecule has 4 nitrogen and oxygen atoms in total. The van der Waals surface area contributed by atoms with Crippen LogP contribution in [0.4, 0.5) is 0 Å². The minimum atomic E-state index is 0.455. The summed E-state index contributed by atoms with van der Waals surface area (Å²) in [7, 11) is 0. The Labute approximate surface area is 110 Å². The van der Waals surface area contributed by atoms with E-state index >= 15 is 0 Å². The molecule has 1 atom stereocenters. The standard InChI is InChI=1S/C14H26N4/c1-11-6-12(9-17-8-11)13(7-15)10-18-14-2-4-16-5-3-14/h6,8,13-14,16-18H,2-5,7,9-10,15H2,1H3. The zero-order valence-electron chi connectivity index (χ0n) is 11.3. The Morgan fingerprint density at radius 3 is 2.89 bits per heavy atom. The lowest BCUT2D eigenvalue weighted by Gasteiger charge is -2.28. The van der Waals surface area contributed by atoms with E-state index in [1.807, 2.05) is 0 Å². The largest absolute Gasteiger partial charge is 0.387 e. The second-order valence-electron chi connectivity index (χ2n) is 5.35. The summed E-state index contributed by atoms with van der Waals surface area (Å²) >= 11 is 0. The van der Waals surface area contributed by atoms with E-state index in [2.05, 4.69) is 35.2 Å². The maximum Gasteiger partial charge on any atom is 0.0361 e. The quantitative estimate of drug-likeness (QED) is 0.568. The van der Waals surface area contributed by atoms with Crippen LogP contribution in [-0.2, 0) is 0 Å². The van der Waals surface area contributed by atoms with Crippen molar-refractivity contribution < 1.29 is 0 Å². The smallest absolute Gasteiger partial charge is 0.0361 e. The van der Waals surface area contributed by atoms with Crippen molar-refractivity contribution in [2.45, 2.75) is 25.8 Å². The van der Waals surface area contributed by atoms with Crippen molar-refractivity contribution in [1.29, 1.82) is 0 Å². The third kappa shape index (κ3) is 3.83. The zero-order valence-corrected chi connectivity index (χ0v) is 11.3. The minimum Gasteiger partial charge on any atom is -0.387 e. The Morgan fingerprint density at radius 1 is 1.44 bits per heavy atom. The highest BCUT2D eigenvalue weighted by molar-refractivity contribution is 5.28. The lowest BCUT2D eigenvalue weighted by atomic mass is 9.94. The summed E-state index contributed by atoms with van der Waals surface area (Å²) in [5.41, 5.74) is 8.64. The summed E-state index contributed by atoms with van der Waals surface area (Å²) in [6.45, 7) is 7.06. The summed E-state index contributed by atoms with van der Waals surface area (Å²) in [6, 6.07) is 0.661. The molecule has 1 saturated heterocycles. The Hall–Kier alpha value is -0.840. The summed E-state index contributed by atoms with van der Waals surface area (Å²) in [4.78, 5) is 0. The van der Waals surface area contributed by atoms with Crippen LogP contribution in [0.15, 0.2) is 23.4 Å². The Morgan fingerprint density at radius 2 is 2.22 bits per heavy atom. The predicted molar refractivity (Wildman–Crippen MR) is 76.3 cm³/mol. The molecule has 5 N–H and O–H groups in total. The van der Waals surface area contributed by atoms with Crippen molar-refractivity contribution in [2.24, 2.45) is 11.7 Å². The first kappa shape index (κ1) is 13.6. The molecule has 0 aromatic heterocycles. The first-order valence-electron chi connectivity index (χ1n) is 7.04. The molecular weight excluding hydrogens is 224 g/mol. The van der Waals surface area contributed by atoms with Gasteiger partial charge >= 0.3 is 0 Å². The topological polar surface area (TPSA) is 62.1 Å². The van der Waals surface area contributed by atoms with Gasteiger partial charge in [-0.25, -0.2) is 0 Å². The predicted octanol–water partition coefficient (Wildman–Crippen LogP) is 0.336. The molecule has 4 heteroatoms. The number of dihydropyridines is 1. The van der Waals surface area contributed by atoms with Gasteiger partial charge in [0.1, 0.15) is 0 Å². The Kier molecular flexibility index (Phi) is 5.23. The minimum absolute atomic E-state index is 0.455. The van der Waals surface area contributed by atoms with E-state index in [4.69, 9.17) is 5.73 Å². The van der Waals surface area contributed by atoms with Gasteiger partial charge in [0.15, 0.2) is 0 Å². The van der Waals surface area contributed by atoms with E-state index in [-0.39, 0.29) is 0 Å². The highest BCUT2D eigenvalue weighted by atomic mass is 15.0. The normalized spacial score (nSPS) is 23.0. The third-order valence-electron chi connectivity index (χ3n) is 3.85. The lowest BCUT2D eigenvalue weighted by molar-refractivity contribution is 0.369. The van der Waals surface area contributed by atoms with Crippen LogP contribution in [0.3, 0.4) is 0 Å². The molecule has 0 bridgehead atoms. The molecule has 2 aliphatic heterocycles. The molecule has 0 aliphatic carbocycles. The first-order valence-corrected chi connectivity index (χ1v) is 7.04. The fourth-order valence-electron chi connectivity index (χ4n) is 2.68. The molecular formula is C14H26N4. The van der Waals surface area contributed by atoms with Crippen LogP contribution in [0.25, 0.3) is 0 Å². The molecule has 1 unspecified atom stereocenters. The average Bonchev–Trinajstić information content (AvgIpc) is 2.41. The molecule has 102 valence electrons. The fourth-order valence-corrected chi connectivity index (χ4v) is 2.68. The van der Waals surface area contributed by atoms with Gasteiger partial charge in [0.05, 0.1) is 0 Å². The van der Waals surface area contributed by atoms with Gasteiger partial charge in [0, 0.05) is 31.6 Å². The van der Waals surface area contributed by atoms with E-state index in [0.717, 1.165) is 32.7 Å². The number of nitrogens with two attached hydrogens (primary N) is 1. The SMILES string of the molecule is CC1=CNCC(C(CN)CNC2CCNCC2)=C1. The van der Waals surface area contributed by atoms with E-state index in [0.29, 0.717) is 12.0 Å². The van der Waals surface area contributed by atoms with E-state index in [9.17, 15) is 0 Å². The van der Waals surface area contributed by atoms with Crippen LogP contribution in [0.2, 0.25) is 0 Å². The molecule has 0 saturated carbocycles. The van der Waals surface area contributed by atoms with Gasteiger partial charge in [-0.05, 0) is 50.2 Å². The van der Waals surface area contributed by atoms with Gasteiger partial charge in [0.2, 0.25) is 0 Å². The van der Waals surface area contributed by atoms with Gasteiger partial charge < -0.3 is 21.7 Å². The Bertz CT molecular complexity index is 316. The van der Waals surface area contributed by atoms with E-state index < -0.39 is 0 Å². The monoisotopic (exact) mass is 250 g/mol. The van der Waals surface area contributed by atoms with Crippen LogP contribution in [0.5, 0.6) is 0 Å². The fraction of sp³-hybridized carbons (Fsp3) is 0.714. The van der Waals surface area contributed by atoms with Crippen molar-refractivity contribution in [3.05, 3.63) is 23.4 Å². The molecule has 2 rings (SSSR count). The summed E-state index contributed by atoms with van der Waals surface area (Å²) < 4.78 is 0. The van der Waals surface area contributed by atoms with Crippen molar-refractivity contribution in [3.63, 3.8) is 0 Å². The highest BCUT2D eigenvalue weighted by Gasteiger charge is 2.17. The van der Waals surface area contributed by atoms with Gasteiger partial charge in [-0.1, -0.05) is 6.08 Å². The number of nitrogens with one attached hydrogen (secondary N) is 3. The first-order chi connectivity index (χ1) is 8.79. The summed E-state index contributed by atoms with van der Waals surface area (Å²) in [6.07, 6.45) is 6.80. The van der Waals surface area contributed by atoms with Gasteiger partial charge in [-0.15, -0.1) is 0 Å². The van der Waals surface area contributed by atoms with Crippen LogP contribution in [0.1, 0.15) is 19.8 Å².